The molecule has 1 aromatic heterocycles. The Morgan fingerprint density at radius 3 is 2.41 bits per heavy atom. The maximum Gasteiger partial charge on any atom is 0.166 e. The fourth-order valence-electron chi connectivity index (χ4n) is 2.66. The number of aryl methyl sites for hydroxylation is 1. The van der Waals surface area contributed by atoms with Crippen LogP contribution in [-0.2, 0) is 0 Å². The average molecular weight is 371 g/mol. The molecule has 0 radical (unpaired) electrons. The molecule has 0 aliphatic carbocycles. The van der Waals surface area contributed by atoms with Gasteiger partial charge in [0.15, 0.2) is 5.78 Å². The topological polar surface area (TPSA) is 68.7 Å². The van der Waals surface area contributed by atoms with Crippen molar-refractivity contribution in [2.24, 2.45) is 5.92 Å². The molecule has 2 rings (SSSR count). The van der Waals surface area contributed by atoms with E-state index in [4.69, 9.17) is 9.47 Å². The molecule has 0 unspecified atom stereocenters. The summed E-state index contributed by atoms with van der Waals surface area (Å²) in [6.45, 7) is 8.80. The van der Waals surface area contributed by atoms with E-state index in [2.05, 4.69) is 4.98 Å². The van der Waals surface area contributed by atoms with Gasteiger partial charge in [0.1, 0.15) is 17.2 Å². The second kappa shape index (κ2) is 9.95. The van der Waals surface area contributed by atoms with E-state index < -0.39 is 0 Å². The lowest BCUT2D eigenvalue weighted by Crippen LogP contribution is -2.06. The summed E-state index contributed by atoms with van der Waals surface area (Å²) in [5, 5.41) is 10.3. The molecule has 0 atom stereocenters. The van der Waals surface area contributed by atoms with E-state index in [0.717, 1.165) is 24.3 Å². The SMILES string of the molecule is Cc1ccc(OCCCCOc2ccc(C(=O)CC(C)C)c(O)c2C)cn1. The summed E-state index contributed by atoms with van der Waals surface area (Å²) >= 11 is 0. The van der Waals surface area contributed by atoms with E-state index in [9.17, 15) is 9.90 Å². The number of hydrogen-bond donors (Lipinski definition) is 1. The van der Waals surface area contributed by atoms with E-state index >= 15 is 0 Å². The summed E-state index contributed by atoms with van der Waals surface area (Å²) in [5.74, 6) is 1.61. The average Bonchev–Trinajstić information content (AvgIpc) is 2.62. The Labute approximate surface area is 161 Å². The first-order valence-corrected chi connectivity index (χ1v) is 9.42. The zero-order valence-corrected chi connectivity index (χ0v) is 16.6. The lowest BCUT2D eigenvalue weighted by molar-refractivity contribution is 0.0965. The van der Waals surface area contributed by atoms with Crippen LogP contribution in [0.2, 0.25) is 0 Å². The number of Topliss-reactive ketones (excluding diaryl/α,β-unsaturated/α-hetero) is 1. The molecule has 0 aliphatic rings. The number of aromatic hydroxyl groups is 1. The third kappa shape index (κ3) is 6.27. The summed E-state index contributed by atoms with van der Waals surface area (Å²) in [6, 6.07) is 7.24. The molecular weight excluding hydrogens is 342 g/mol. The predicted molar refractivity (Wildman–Crippen MR) is 106 cm³/mol. The van der Waals surface area contributed by atoms with Gasteiger partial charge >= 0.3 is 0 Å². The van der Waals surface area contributed by atoms with Crippen LogP contribution in [0.3, 0.4) is 0 Å². The van der Waals surface area contributed by atoms with Crippen LogP contribution >= 0.6 is 0 Å². The van der Waals surface area contributed by atoms with Crippen LogP contribution in [0.4, 0.5) is 0 Å². The quantitative estimate of drug-likeness (QED) is 0.477. The summed E-state index contributed by atoms with van der Waals surface area (Å²) in [4.78, 5) is 16.4. The van der Waals surface area contributed by atoms with Gasteiger partial charge in [-0.3, -0.25) is 9.78 Å². The number of phenols is 1. The number of nitrogens with zero attached hydrogens (tertiary/aromatic N) is 1. The van der Waals surface area contributed by atoms with Gasteiger partial charge in [0.25, 0.3) is 0 Å². The van der Waals surface area contributed by atoms with Crippen LogP contribution in [0.5, 0.6) is 17.2 Å². The lowest BCUT2D eigenvalue weighted by Gasteiger charge is -2.13. The Kier molecular flexibility index (Phi) is 7.65. The van der Waals surface area contributed by atoms with E-state index in [1.807, 2.05) is 32.9 Å². The molecule has 0 fully saturated rings. The Morgan fingerprint density at radius 1 is 1.07 bits per heavy atom. The number of rotatable bonds is 10. The summed E-state index contributed by atoms with van der Waals surface area (Å²) in [5.41, 5.74) is 1.94. The van der Waals surface area contributed by atoms with Gasteiger partial charge in [0.05, 0.1) is 25.0 Å². The molecule has 0 spiro atoms. The van der Waals surface area contributed by atoms with Gasteiger partial charge in [-0.25, -0.2) is 0 Å². The van der Waals surface area contributed by atoms with Crippen molar-refractivity contribution in [3.8, 4) is 17.2 Å². The highest BCUT2D eigenvalue weighted by atomic mass is 16.5. The van der Waals surface area contributed by atoms with E-state index in [1.54, 1.807) is 25.3 Å². The van der Waals surface area contributed by atoms with E-state index in [-0.39, 0.29) is 17.5 Å². The van der Waals surface area contributed by atoms with Crippen molar-refractivity contribution in [1.29, 1.82) is 0 Å². The molecule has 1 N–H and O–H groups in total. The molecule has 0 saturated carbocycles. The highest BCUT2D eigenvalue weighted by molar-refractivity contribution is 5.99. The summed E-state index contributed by atoms with van der Waals surface area (Å²) < 4.78 is 11.4. The van der Waals surface area contributed by atoms with Crippen molar-refractivity contribution < 1.29 is 19.4 Å². The molecule has 0 saturated heterocycles. The Hall–Kier alpha value is -2.56. The Bertz CT molecular complexity index is 754. The normalized spacial score (nSPS) is 10.9. The van der Waals surface area contributed by atoms with Gasteiger partial charge in [-0.05, 0) is 56.9 Å². The number of pyridine rings is 1. The fraction of sp³-hybridized carbons (Fsp3) is 0.455. The smallest absolute Gasteiger partial charge is 0.166 e. The number of carbonyl (C=O) groups excluding carboxylic acids is 1. The van der Waals surface area contributed by atoms with E-state index in [1.165, 1.54) is 0 Å². The number of ether oxygens (including phenoxy) is 2. The van der Waals surface area contributed by atoms with Gasteiger partial charge in [-0.2, -0.15) is 0 Å². The van der Waals surface area contributed by atoms with Gasteiger partial charge in [-0.1, -0.05) is 13.8 Å². The molecule has 146 valence electrons. The Morgan fingerprint density at radius 2 is 1.78 bits per heavy atom. The zero-order valence-electron chi connectivity index (χ0n) is 16.6. The van der Waals surface area contributed by atoms with Crippen LogP contribution in [0.1, 0.15) is 54.7 Å². The minimum Gasteiger partial charge on any atom is -0.507 e. The highest BCUT2D eigenvalue weighted by Gasteiger charge is 2.16. The second-order valence-electron chi connectivity index (χ2n) is 7.15. The number of phenolic OH excluding ortho intramolecular Hbond substituents is 1. The van der Waals surface area contributed by atoms with Crippen molar-refractivity contribution in [3.63, 3.8) is 0 Å². The first-order valence-electron chi connectivity index (χ1n) is 9.42. The second-order valence-corrected chi connectivity index (χ2v) is 7.15. The van der Waals surface area contributed by atoms with Crippen LogP contribution < -0.4 is 9.47 Å². The summed E-state index contributed by atoms with van der Waals surface area (Å²) in [6.07, 6.45) is 3.82. The van der Waals surface area contributed by atoms with Gasteiger partial charge < -0.3 is 14.6 Å². The maximum atomic E-state index is 12.2. The van der Waals surface area contributed by atoms with Crippen LogP contribution in [0, 0.1) is 19.8 Å². The lowest BCUT2D eigenvalue weighted by atomic mass is 9.98. The number of unbranched alkanes of at least 4 members (excludes halogenated alkanes) is 1. The fourth-order valence-corrected chi connectivity index (χ4v) is 2.66. The molecule has 1 aromatic carbocycles. The minimum atomic E-state index is -0.0418. The van der Waals surface area contributed by atoms with Crippen LogP contribution in [0.15, 0.2) is 30.5 Å². The molecule has 5 heteroatoms. The molecule has 5 nitrogen and oxygen atoms in total. The maximum absolute atomic E-state index is 12.2. The first kappa shape index (κ1) is 20.7. The van der Waals surface area contributed by atoms with Gasteiger partial charge in [0.2, 0.25) is 0 Å². The van der Waals surface area contributed by atoms with Crippen molar-refractivity contribution >= 4 is 5.78 Å². The molecule has 2 aromatic rings. The van der Waals surface area contributed by atoms with Crippen molar-refractivity contribution in [2.45, 2.75) is 47.0 Å². The van der Waals surface area contributed by atoms with Gasteiger partial charge in [0, 0.05) is 17.7 Å². The third-order valence-electron chi connectivity index (χ3n) is 4.22. The van der Waals surface area contributed by atoms with Crippen molar-refractivity contribution in [2.75, 3.05) is 13.2 Å². The summed E-state index contributed by atoms with van der Waals surface area (Å²) in [7, 11) is 0. The third-order valence-corrected chi connectivity index (χ3v) is 4.22. The molecular formula is C22H29NO4. The molecule has 0 amide bonds. The van der Waals surface area contributed by atoms with Crippen LogP contribution in [0.25, 0.3) is 0 Å². The number of aromatic nitrogens is 1. The van der Waals surface area contributed by atoms with Crippen molar-refractivity contribution in [1.82, 2.24) is 4.98 Å². The minimum absolute atomic E-state index is 0.0216. The predicted octanol–water partition coefficient (Wildman–Crippen LogP) is 4.87. The van der Waals surface area contributed by atoms with Crippen molar-refractivity contribution in [3.05, 3.63) is 47.3 Å². The highest BCUT2D eigenvalue weighted by Crippen LogP contribution is 2.31. The molecule has 1 heterocycles. The largest absolute Gasteiger partial charge is 0.507 e. The number of benzene rings is 1. The molecule has 27 heavy (non-hydrogen) atoms. The first-order chi connectivity index (χ1) is 12.9. The number of carbonyl (C=O) groups is 1. The van der Waals surface area contributed by atoms with Gasteiger partial charge in [-0.15, -0.1) is 0 Å². The number of ketones is 1. The number of hydrogen-bond acceptors (Lipinski definition) is 5. The zero-order chi connectivity index (χ0) is 19.8. The molecule has 0 aliphatic heterocycles. The Balaban J connectivity index is 1.78. The van der Waals surface area contributed by atoms with E-state index in [0.29, 0.717) is 36.5 Å². The monoisotopic (exact) mass is 371 g/mol. The standard InChI is InChI=1S/C22H29NO4/c1-15(2)13-20(24)19-9-10-21(17(4)22(19)25)27-12-6-5-11-26-18-8-7-16(3)23-14-18/h7-10,14-15,25H,5-6,11-13H2,1-4H3. The van der Waals surface area contributed by atoms with Crippen LogP contribution in [-0.4, -0.2) is 29.1 Å². The molecule has 0 bridgehead atoms.